The zero-order valence-electron chi connectivity index (χ0n) is 6.56. The highest BCUT2D eigenvalue weighted by Crippen LogP contribution is 2.29. The minimum atomic E-state index is 0.611. The fourth-order valence-corrected chi connectivity index (χ4v) is 1.45. The molecule has 58 valence electrons. The van der Waals surface area contributed by atoms with Crippen LogP contribution in [0.1, 0.15) is 26.2 Å². The first kappa shape index (κ1) is 7.45. The Hall–Kier alpha value is -0.660. The molecule has 1 fully saturated rings. The molecule has 2 heteroatoms. The summed E-state index contributed by atoms with van der Waals surface area (Å²) in [6.07, 6.45) is 3.84. The van der Waals surface area contributed by atoms with Crippen molar-refractivity contribution in [3.05, 3.63) is 12.4 Å². The van der Waals surface area contributed by atoms with E-state index >= 15 is 0 Å². The first-order valence-corrected chi connectivity index (χ1v) is 3.93. The average molecular weight is 140 g/mol. The van der Waals surface area contributed by atoms with Crippen molar-refractivity contribution in [1.82, 2.24) is 5.32 Å². The van der Waals surface area contributed by atoms with Gasteiger partial charge in [0.2, 0.25) is 0 Å². The van der Waals surface area contributed by atoms with Crippen LogP contribution in [0.4, 0.5) is 0 Å². The maximum Gasteiger partial charge on any atom is 0.0888 e. The third kappa shape index (κ3) is 1.66. The second-order valence-corrected chi connectivity index (χ2v) is 3.11. The average Bonchev–Trinajstić information content (AvgIpc) is 1.76. The van der Waals surface area contributed by atoms with Gasteiger partial charge in [-0.25, -0.2) is 0 Å². The summed E-state index contributed by atoms with van der Waals surface area (Å²) in [6, 6.07) is 0.613. The van der Waals surface area contributed by atoms with Crippen molar-refractivity contribution in [3.8, 4) is 0 Å². The fourth-order valence-electron chi connectivity index (χ4n) is 1.45. The van der Waals surface area contributed by atoms with Crippen LogP contribution in [0.5, 0.6) is 0 Å². The second kappa shape index (κ2) is 2.95. The molecule has 0 saturated heterocycles. The Kier molecular flexibility index (Phi) is 2.20. The van der Waals surface area contributed by atoms with Crippen molar-refractivity contribution in [2.45, 2.75) is 32.2 Å². The predicted octanol–water partition coefficient (Wildman–Crippen LogP) is 1.19. The zero-order chi connectivity index (χ0) is 7.56. The highest BCUT2D eigenvalue weighted by Gasteiger charge is 2.26. The van der Waals surface area contributed by atoms with Crippen molar-refractivity contribution >= 4 is 0 Å². The van der Waals surface area contributed by atoms with Gasteiger partial charge in [-0.05, 0) is 18.8 Å². The molecule has 0 atom stereocenters. The van der Waals surface area contributed by atoms with Crippen LogP contribution in [0.2, 0.25) is 0 Å². The summed E-state index contributed by atoms with van der Waals surface area (Å²) in [6.45, 7) is 5.83. The van der Waals surface area contributed by atoms with Crippen molar-refractivity contribution in [2.75, 3.05) is 0 Å². The Morgan fingerprint density at radius 2 is 2.30 bits per heavy atom. The van der Waals surface area contributed by atoms with Crippen LogP contribution in [0, 0.1) is 5.92 Å². The quantitative estimate of drug-likeness (QED) is 0.618. The van der Waals surface area contributed by atoms with E-state index in [1.165, 1.54) is 19.3 Å². The summed E-state index contributed by atoms with van der Waals surface area (Å²) >= 11 is 0. The molecule has 0 aromatic heterocycles. The molecule has 0 bridgehead atoms. The molecule has 0 aliphatic heterocycles. The standard InChI is InChI=1S/C8H16N2/c1-3-7-4-8(5-7)10-6(2)9/h7-8,10H,2-5,9H2,1H3. The van der Waals surface area contributed by atoms with Gasteiger partial charge in [0.15, 0.2) is 0 Å². The molecular formula is C8H16N2. The Bertz CT molecular complexity index is 125. The molecule has 1 rings (SSSR count). The molecule has 0 spiro atoms. The number of nitrogens with two attached hydrogens (primary N) is 1. The molecule has 1 aliphatic rings. The van der Waals surface area contributed by atoms with Crippen LogP contribution in [-0.4, -0.2) is 6.04 Å². The number of hydrogen-bond donors (Lipinski definition) is 2. The summed E-state index contributed by atoms with van der Waals surface area (Å²) in [5, 5.41) is 3.13. The summed E-state index contributed by atoms with van der Waals surface area (Å²) in [7, 11) is 0. The van der Waals surface area contributed by atoms with Gasteiger partial charge < -0.3 is 11.1 Å². The SMILES string of the molecule is C=C(N)NC1CC(CC)C1. The summed E-state index contributed by atoms with van der Waals surface area (Å²) in [5.41, 5.74) is 5.38. The van der Waals surface area contributed by atoms with Gasteiger partial charge in [-0.2, -0.15) is 0 Å². The van der Waals surface area contributed by atoms with Gasteiger partial charge in [0.25, 0.3) is 0 Å². The maximum atomic E-state index is 5.38. The number of rotatable bonds is 3. The smallest absolute Gasteiger partial charge is 0.0888 e. The van der Waals surface area contributed by atoms with Crippen LogP contribution in [-0.2, 0) is 0 Å². The molecule has 0 radical (unpaired) electrons. The fraction of sp³-hybridized carbons (Fsp3) is 0.750. The maximum absolute atomic E-state index is 5.38. The summed E-state index contributed by atoms with van der Waals surface area (Å²) in [5.74, 6) is 1.54. The first-order chi connectivity index (χ1) is 4.72. The molecule has 0 amide bonds. The van der Waals surface area contributed by atoms with E-state index in [0.29, 0.717) is 11.9 Å². The molecule has 2 nitrogen and oxygen atoms in total. The molecule has 0 aromatic rings. The summed E-state index contributed by atoms with van der Waals surface area (Å²) in [4.78, 5) is 0. The molecule has 0 heterocycles. The molecule has 1 saturated carbocycles. The van der Waals surface area contributed by atoms with Gasteiger partial charge >= 0.3 is 0 Å². The molecule has 10 heavy (non-hydrogen) atoms. The van der Waals surface area contributed by atoms with Gasteiger partial charge in [0.05, 0.1) is 5.82 Å². The van der Waals surface area contributed by atoms with Gasteiger partial charge in [-0.3, -0.25) is 0 Å². The number of hydrogen-bond acceptors (Lipinski definition) is 2. The van der Waals surface area contributed by atoms with Gasteiger partial charge in [-0.1, -0.05) is 19.9 Å². The molecular weight excluding hydrogens is 124 g/mol. The molecule has 0 aromatic carbocycles. The first-order valence-electron chi connectivity index (χ1n) is 3.93. The van der Waals surface area contributed by atoms with E-state index in [2.05, 4.69) is 18.8 Å². The van der Waals surface area contributed by atoms with Gasteiger partial charge in [0, 0.05) is 6.04 Å². The van der Waals surface area contributed by atoms with Crippen LogP contribution in [0.15, 0.2) is 12.4 Å². The third-order valence-electron chi connectivity index (χ3n) is 2.20. The van der Waals surface area contributed by atoms with E-state index in [1.807, 2.05) is 0 Å². The van der Waals surface area contributed by atoms with Crippen LogP contribution in [0.25, 0.3) is 0 Å². The Morgan fingerprint density at radius 3 is 2.70 bits per heavy atom. The highest BCUT2D eigenvalue weighted by molar-refractivity contribution is 4.93. The van der Waals surface area contributed by atoms with Crippen molar-refractivity contribution in [3.63, 3.8) is 0 Å². The largest absolute Gasteiger partial charge is 0.386 e. The normalized spacial score (nSPS) is 30.9. The Labute approximate surface area is 62.5 Å². The van der Waals surface area contributed by atoms with Crippen molar-refractivity contribution < 1.29 is 0 Å². The molecule has 3 N–H and O–H groups in total. The second-order valence-electron chi connectivity index (χ2n) is 3.11. The monoisotopic (exact) mass is 140 g/mol. The van der Waals surface area contributed by atoms with E-state index in [-0.39, 0.29) is 0 Å². The predicted molar refractivity (Wildman–Crippen MR) is 43.3 cm³/mol. The lowest BCUT2D eigenvalue weighted by molar-refractivity contribution is 0.229. The molecule has 0 unspecified atom stereocenters. The zero-order valence-corrected chi connectivity index (χ0v) is 6.56. The van der Waals surface area contributed by atoms with Crippen molar-refractivity contribution in [1.29, 1.82) is 0 Å². The van der Waals surface area contributed by atoms with Crippen LogP contribution < -0.4 is 11.1 Å². The topological polar surface area (TPSA) is 38.0 Å². The third-order valence-corrected chi connectivity index (χ3v) is 2.20. The number of nitrogens with one attached hydrogen (secondary N) is 1. The highest BCUT2D eigenvalue weighted by atomic mass is 15.0. The lowest BCUT2D eigenvalue weighted by atomic mass is 9.79. The minimum absolute atomic E-state index is 0.611. The van der Waals surface area contributed by atoms with Gasteiger partial charge in [0.1, 0.15) is 0 Å². The lowest BCUT2D eigenvalue weighted by Crippen LogP contribution is -2.41. The lowest BCUT2D eigenvalue weighted by Gasteiger charge is -2.35. The van der Waals surface area contributed by atoms with E-state index in [9.17, 15) is 0 Å². The Balaban J connectivity index is 2.08. The van der Waals surface area contributed by atoms with Crippen LogP contribution in [0.3, 0.4) is 0 Å². The van der Waals surface area contributed by atoms with E-state index in [1.54, 1.807) is 0 Å². The summed E-state index contributed by atoms with van der Waals surface area (Å²) < 4.78 is 0. The van der Waals surface area contributed by atoms with Crippen LogP contribution >= 0.6 is 0 Å². The van der Waals surface area contributed by atoms with Crippen molar-refractivity contribution in [2.24, 2.45) is 11.7 Å². The molecule has 1 aliphatic carbocycles. The minimum Gasteiger partial charge on any atom is -0.386 e. The van der Waals surface area contributed by atoms with Gasteiger partial charge in [-0.15, -0.1) is 0 Å². The van der Waals surface area contributed by atoms with E-state index in [4.69, 9.17) is 5.73 Å². The Morgan fingerprint density at radius 1 is 1.70 bits per heavy atom. The van der Waals surface area contributed by atoms with E-state index < -0.39 is 0 Å². The van der Waals surface area contributed by atoms with E-state index in [0.717, 1.165) is 5.92 Å².